The highest BCUT2D eigenvalue weighted by atomic mass is 16.5. The van der Waals surface area contributed by atoms with Crippen LogP contribution in [-0.4, -0.2) is 17.0 Å². The summed E-state index contributed by atoms with van der Waals surface area (Å²) in [7, 11) is 0. The molecule has 0 saturated heterocycles. The van der Waals surface area contributed by atoms with Crippen LogP contribution in [0.3, 0.4) is 0 Å². The summed E-state index contributed by atoms with van der Waals surface area (Å²) in [5, 5.41) is 4.18. The van der Waals surface area contributed by atoms with E-state index in [1.807, 2.05) is 55.5 Å². The predicted octanol–water partition coefficient (Wildman–Crippen LogP) is 4.97. The second-order valence-corrected chi connectivity index (χ2v) is 6.78. The van der Waals surface area contributed by atoms with Crippen molar-refractivity contribution in [2.24, 2.45) is 0 Å². The zero-order chi connectivity index (χ0) is 19.1. The van der Waals surface area contributed by atoms with Crippen molar-refractivity contribution in [3.8, 4) is 0 Å². The number of benzene rings is 3. The maximum atomic E-state index is 12.9. The van der Waals surface area contributed by atoms with Crippen LogP contribution in [0.4, 0.5) is 0 Å². The molecule has 3 aromatic carbocycles. The summed E-state index contributed by atoms with van der Waals surface area (Å²) in [6.07, 6.45) is 2.18. The van der Waals surface area contributed by atoms with E-state index >= 15 is 0 Å². The van der Waals surface area contributed by atoms with Crippen molar-refractivity contribution in [3.05, 3.63) is 95.3 Å². The summed E-state index contributed by atoms with van der Waals surface area (Å²) >= 11 is 0. The number of hydrogen-bond donors (Lipinski definition) is 0. The molecule has 0 bridgehead atoms. The van der Waals surface area contributed by atoms with E-state index in [4.69, 9.17) is 4.74 Å². The lowest BCUT2D eigenvalue weighted by molar-refractivity contribution is 0.0531. The molecule has 28 heavy (non-hydrogen) atoms. The van der Waals surface area contributed by atoms with Gasteiger partial charge in [-0.25, -0.2) is 4.79 Å². The highest BCUT2D eigenvalue weighted by molar-refractivity contribution is 6.19. The summed E-state index contributed by atoms with van der Waals surface area (Å²) in [4.78, 5) is 12.9. The monoisotopic (exact) mass is 365 g/mol. The van der Waals surface area contributed by atoms with E-state index in [0.717, 1.165) is 38.1 Å². The first-order valence-electron chi connectivity index (χ1n) is 9.47. The van der Waals surface area contributed by atoms with Crippen molar-refractivity contribution in [1.82, 2.24) is 4.40 Å². The fourth-order valence-electron chi connectivity index (χ4n) is 4.04. The number of nitrogens with zero attached hydrogens (tertiary/aromatic N) is 1. The number of ether oxygens (including phenoxy) is 1. The predicted molar refractivity (Wildman–Crippen MR) is 114 cm³/mol. The van der Waals surface area contributed by atoms with Crippen molar-refractivity contribution in [3.63, 3.8) is 0 Å². The van der Waals surface area contributed by atoms with Gasteiger partial charge in [-0.3, -0.25) is 0 Å². The smallest absolute Gasteiger partial charge is 0.340 e. The van der Waals surface area contributed by atoms with E-state index in [0.29, 0.717) is 12.2 Å². The van der Waals surface area contributed by atoms with E-state index in [1.54, 1.807) is 0 Å². The second-order valence-electron chi connectivity index (χ2n) is 6.78. The minimum Gasteiger partial charge on any atom is -0.462 e. The third-order valence-corrected chi connectivity index (χ3v) is 5.16. The molecule has 0 aliphatic rings. The Labute approximate surface area is 162 Å². The van der Waals surface area contributed by atoms with Crippen molar-refractivity contribution in [2.75, 3.05) is 6.61 Å². The lowest BCUT2D eigenvalue weighted by Gasteiger charge is -2.01. The average molecular weight is 365 g/mol. The van der Waals surface area contributed by atoms with Gasteiger partial charge in [0.2, 0.25) is 0 Å². The van der Waals surface area contributed by atoms with Gasteiger partial charge in [0.1, 0.15) is 0 Å². The topological polar surface area (TPSA) is 30.7 Å². The molecule has 3 heteroatoms. The number of rotatable bonds is 3. The fraction of sp³-hybridized carbons (Fsp3) is 0.0800. The molecular weight excluding hydrogens is 346 g/mol. The van der Waals surface area contributed by atoms with Crippen LogP contribution in [0.25, 0.3) is 33.3 Å². The molecule has 0 aliphatic heterocycles. The van der Waals surface area contributed by atoms with Gasteiger partial charge >= 0.3 is 5.97 Å². The number of fused-ring (bicyclic) bond motifs is 5. The largest absolute Gasteiger partial charge is 0.462 e. The van der Waals surface area contributed by atoms with Gasteiger partial charge < -0.3 is 9.14 Å². The van der Waals surface area contributed by atoms with Crippen molar-refractivity contribution >= 4 is 39.2 Å². The van der Waals surface area contributed by atoms with Gasteiger partial charge in [0.25, 0.3) is 0 Å². The van der Waals surface area contributed by atoms with Crippen LogP contribution in [-0.2, 0) is 4.74 Å². The Morgan fingerprint density at radius 3 is 2.25 bits per heavy atom. The number of esters is 1. The quantitative estimate of drug-likeness (QED) is 0.423. The van der Waals surface area contributed by atoms with E-state index in [1.165, 1.54) is 0 Å². The Kier molecular flexibility index (Phi) is 3.87. The number of hydrogen-bond acceptors (Lipinski definition) is 2. The summed E-state index contributed by atoms with van der Waals surface area (Å²) < 4.78 is 7.61. The zero-order valence-corrected chi connectivity index (χ0v) is 15.6. The molecule has 2 heterocycles. The minimum absolute atomic E-state index is 0.275. The van der Waals surface area contributed by atoms with Crippen LogP contribution < -0.4 is 5.35 Å². The Bertz CT molecular complexity index is 1370. The Morgan fingerprint density at radius 2 is 1.50 bits per heavy atom. The molecule has 2 aromatic heterocycles. The normalized spacial score (nSPS) is 12.2. The molecule has 0 aliphatic carbocycles. The molecule has 0 spiro atoms. The van der Waals surface area contributed by atoms with Crippen LogP contribution in [0.15, 0.2) is 78.9 Å². The van der Waals surface area contributed by atoms with E-state index in [9.17, 15) is 4.79 Å². The molecule has 0 radical (unpaired) electrons. The molecule has 0 amide bonds. The maximum Gasteiger partial charge on any atom is 0.340 e. The minimum atomic E-state index is -0.275. The molecule has 136 valence electrons. The summed E-state index contributed by atoms with van der Waals surface area (Å²) in [5.41, 5.74) is 3.69. The van der Waals surface area contributed by atoms with Gasteiger partial charge in [-0.2, -0.15) is 0 Å². The highest BCUT2D eigenvalue weighted by Crippen LogP contribution is 2.32. The van der Waals surface area contributed by atoms with Crippen LogP contribution >= 0.6 is 0 Å². The lowest BCUT2D eigenvalue weighted by Crippen LogP contribution is -2.08. The number of para-hydroxylation sites is 1. The SMILES string of the molecule is CCOC(=O)c1c2ccccc2n2/c(=C\c3ccccc3)c3ccccc3c12. The van der Waals surface area contributed by atoms with Crippen molar-refractivity contribution in [2.45, 2.75) is 6.92 Å². The first-order chi connectivity index (χ1) is 13.8. The standard InChI is InChI=1S/C25H19NO2/c1-2-28-25(27)23-20-14-8-9-15-21(20)26-22(16-17-10-4-3-5-11-17)18-12-6-7-13-19(18)24(23)26/h3-16H,2H2,1H3/b22-16-. The third kappa shape index (κ3) is 2.40. The molecule has 5 rings (SSSR count). The molecule has 0 unspecified atom stereocenters. The van der Waals surface area contributed by atoms with Crippen molar-refractivity contribution < 1.29 is 9.53 Å². The molecule has 0 saturated carbocycles. The average Bonchev–Trinajstić information content (AvgIpc) is 3.23. The Morgan fingerprint density at radius 1 is 0.857 bits per heavy atom. The fourth-order valence-corrected chi connectivity index (χ4v) is 4.04. The van der Waals surface area contributed by atoms with Gasteiger partial charge in [0, 0.05) is 16.2 Å². The van der Waals surface area contributed by atoms with Gasteiger partial charge in [-0.15, -0.1) is 0 Å². The molecule has 0 atom stereocenters. The molecule has 3 nitrogen and oxygen atoms in total. The first kappa shape index (κ1) is 16.6. The molecular formula is C25H19NO2. The van der Waals surface area contributed by atoms with Gasteiger partial charge in [-0.1, -0.05) is 72.8 Å². The van der Waals surface area contributed by atoms with Gasteiger partial charge in [0.05, 0.1) is 28.6 Å². The first-order valence-corrected chi connectivity index (χ1v) is 9.47. The van der Waals surface area contributed by atoms with Gasteiger partial charge in [-0.05, 0) is 24.6 Å². The van der Waals surface area contributed by atoms with Crippen LogP contribution in [0, 0.1) is 0 Å². The molecule has 5 aromatic rings. The van der Waals surface area contributed by atoms with E-state index < -0.39 is 0 Å². The lowest BCUT2D eigenvalue weighted by atomic mass is 10.1. The number of carbonyl (C=O) groups excluding carboxylic acids is 1. The van der Waals surface area contributed by atoms with Gasteiger partial charge in [0.15, 0.2) is 0 Å². The maximum absolute atomic E-state index is 12.9. The van der Waals surface area contributed by atoms with Crippen LogP contribution in [0.1, 0.15) is 22.8 Å². The van der Waals surface area contributed by atoms with E-state index in [2.05, 4.69) is 40.8 Å². The van der Waals surface area contributed by atoms with Crippen molar-refractivity contribution in [1.29, 1.82) is 0 Å². The van der Waals surface area contributed by atoms with Crippen LogP contribution in [0.2, 0.25) is 0 Å². The number of aromatic nitrogens is 1. The zero-order valence-electron chi connectivity index (χ0n) is 15.6. The Balaban J connectivity index is 2.02. The molecule has 0 N–H and O–H groups in total. The van der Waals surface area contributed by atoms with E-state index in [-0.39, 0.29) is 5.97 Å². The summed E-state index contributed by atoms with van der Waals surface area (Å²) in [6.45, 7) is 2.19. The number of carbonyl (C=O) groups is 1. The Hall–Kier alpha value is -3.59. The molecule has 0 fully saturated rings. The second kappa shape index (κ2) is 6.54. The highest BCUT2D eigenvalue weighted by Gasteiger charge is 2.23. The third-order valence-electron chi connectivity index (χ3n) is 5.16. The summed E-state index contributed by atoms with van der Waals surface area (Å²) in [5.74, 6) is -0.275. The van der Waals surface area contributed by atoms with Crippen LogP contribution in [0.5, 0.6) is 0 Å². The summed E-state index contributed by atoms with van der Waals surface area (Å²) in [6, 6.07) is 26.5.